The fourth-order valence-corrected chi connectivity index (χ4v) is 1.77. The largest absolute Gasteiger partial charge is 0.289 e. The molecule has 0 aliphatic rings. The van der Waals surface area contributed by atoms with Crippen LogP contribution in [0.4, 0.5) is 5.69 Å². The lowest BCUT2D eigenvalue weighted by Crippen LogP contribution is -1.96. The number of pyridine rings is 1. The maximum Gasteiger partial charge on any atom is 0.289 e. The molecule has 3 aromatic rings. The van der Waals surface area contributed by atoms with E-state index in [1.54, 1.807) is 10.9 Å². The first-order valence-corrected chi connectivity index (χ1v) is 5.29. The van der Waals surface area contributed by atoms with Gasteiger partial charge in [0.25, 0.3) is 5.69 Å². The van der Waals surface area contributed by atoms with Crippen molar-refractivity contribution < 1.29 is 4.92 Å². The maximum atomic E-state index is 10.8. The van der Waals surface area contributed by atoms with E-state index in [1.165, 1.54) is 12.3 Å². The van der Waals surface area contributed by atoms with E-state index in [1.807, 2.05) is 30.3 Å². The number of hydrogen-bond donors (Lipinski definition) is 0. The number of benzene rings is 1. The molecule has 6 heteroatoms. The Labute approximate surface area is 102 Å². The van der Waals surface area contributed by atoms with Crippen molar-refractivity contribution in [2.45, 2.75) is 0 Å². The smallest absolute Gasteiger partial charge is 0.258 e. The van der Waals surface area contributed by atoms with Gasteiger partial charge in [0.05, 0.1) is 22.3 Å². The van der Waals surface area contributed by atoms with E-state index in [2.05, 4.69) is 10.1 Å². The van der Waals surface area contributed by atoms with Crippen LogP contribution < -0.4 is 0 Å². The van der Waals surface area contributed by atoms with Crippen LogP contribution in [0.15, 0.2) is 48.8 Å². The molecule has 0 aliphatic carbocycles. The molecule has 0 atom stereocenters. The van der Waals surface area contributed by atoms with Crippen LogP contribution in [0.3, 0.4) is 0 Å². The van der Waals surface area contributed by atoms with Gasteiger partial charge in [-0.25, -0.2) is 9.67 Å². The highest BCUT2D eigenvalue weighted by molar-refractivity contribution is 5.78. The molecule has 0 spiro atoms. The van der Waals surface area contributed by atoms with Gasteiger partial charge in [-0.15, -0.1) is 0 Å². The van der Waals surface area contributed by atoms with Crippen molar-refractivity contribution in [3.05, 3.63) is 58.9 Å². The molecule has 0 bridgehead atoms. The van der Waals surface area contributed by atoms with Gasteiger partial charge in [0.1, 0.15) is 11.7 Å². The van der Waals surface area contributed by atoms with Crippen molar-refractivity contribution in [1.82, 2.24) is 14.8 Å². The van der Waals surface area contributed by atoms with E-state index in [-0.39, 0.29) is 5.69 Å². The number of rotatable bonds is 2. The van der Waals surface area contributed by atoms with Gasteiger partial charge < -0.3 is 0 Å². The molecule has 3 rings (SSSR count). The van der Waals surface area contributed by atoms with Crippen LogP contribution in [-0.4, -0.2) is 19.7 Å². The molecule has 0 unspecified atom stereocenters. The highest BCUT2D eigenvalue weighted by Crippen LogP contribution is 2.20. The number of nitrogens with zero attached hydrogens (tertiary/aromatic N) is 4. The predicted molar refractivity (Wildman–Crippen MR) is 65.5 cm³/mol. The second-order valence-corrected chi connectivity index (χ2v) is 3.75. The third-order valence-electron chi connectivity index (χ3n) is 2.62. The van der Waals surface area contributed by atoms with E-state index in [0.29, 0.717) is 11.0 Å². The van der Waals surface area contributed by atoms with E-state index in [9.17, 15) is 10.1 Å². The van der Waals surface area contributed by atoms with Crippen LogP contribution >= 0.6 is 0 Å². The van der Waals surface area contributed by atoms with Gasteiger partial charge >= 0.3 is 0 Å². The van der Waals surface area contributed by atoms with Crippen molar-refractivity contribution in [1.29, 1.82) is 0 Å². The molecule has 0 fully saturated rings. The van der Waals surface area contributed by atoms with Gasteiger partial charge in [-0.1, -0.05) is 18.2 Å². The normalized spacial score (nSPS) is 10.7. The van der Waals surface area contributed by atoms with E-state index in [4.69, 9.17) is 0 Å². The average Bonchev–Trinajstić information content (AvgIpc) is 2.82. The number of fused-ring (bicyclic) bond motifs is 1. The third-order valence-corrected chi connectivity index (χ3v) is 2.62. The molecule has 18 heavy (non-hydrogen) atoms. The summed E-state index contributed by atoms with van der Waals surface area (Å²) in [5.74, 6) is 0. The van der Waals surface area contributed by atoms with Crippen LogP contribution in [-0.2, 0) is 0 Å². The fraction of sp³-hybridized carbons (Fsp3) is 0. The molecular weight excluding hydrogens is 232 g/mol. The zero-order chi connectivity index (χ0) is 12.5. The number of nitro groups is 1. The highest BCUT2D eigenvalue weighted by atomic mass is 16.6. The van der Waals surface area contributed by atoms with Gasteiger partial charge in [0.15, 0.2) is 0 Å². The molecule has 6 nitrogen and oxygen atoms in total. The average molecular weight is 240 g/mol. The summed E-state index contributed by atoms with van der Waals surface area (Å²) in [6.45, 7) is 0. The minimum Gasteiger partial charge on any atom is -0.258 e. The molecule has 0 amide bonds. The van der Waals surface area contributed by atoms with E-state index < -0.39 is 4.92 Å². The Hall–Kier alpha value is -2.76. The Balaban J connectivity index is 2.24. The third kappa shape index (κ3) is 1.60. The summed E-state index contributed by atoms with van der Waals surface area (Å²) >= 11 is 0. The molecule has 0 N–H and O–H groups in total. The Kier molecular flexibility index (Phi) is 2.26. The highest BCUT2D eigenvalue weighted by Gasteiger charge is 2.11. The van der Waals surface area contributed by atoms with Gasteiger partial charge in [-0.05, 0) is 12.1 Å². The van der Waals surface area contributed by atoms with E-state index >= 15 is 0 Å². The standard InChI is InChI=1S/C12H8N4O2/c17-16(18)10-6-12-11(13-7-10)8-14-15(12)9-4-2-1-3-5-9/h1-8H. The lowest BCUT2D eigenvalue weighted by molar-refractivity contribution is -0.385. The Bertz CT molecular complexity index is 721. The van der Waals surface area contributed by atoms with Crippen molar-refractivity contribution in [3.63, 3.8) is 0 Å². The molecule has 0 radical (unpaired) electrons. The van der Waals surface area contributed by atoms with Crippen molar-refractivity contribution in [2.24, 2.45) is 0 Å². The van der Waals surface area contributed by atoms with Gasteiger partial charge in [0.2, 0.25) is 0 Å². The zero-order valence-electron chi connectivity index (χ0n) is 9.22. The minimum absolute atomic E-state index is 0.0415. The summed E-state index contributed by atoms with van der Waals surface area (Å²) in [5, 5.41) is 14.9. The van der Waals surface area contributed by atoms with Gasteiger partial charge in [-0.2, -0.15) is 5.10 Å². The van der Waals surface area contributed by atoms with Crippen molar-refractivity contribution in [2.75, 3.05) is 0 Å². The molecular formula is C12H8N4O2. The molecule has 0 aliphatic heterocycles. The van der Waals surface area contributed by atoms with Gasteiger partial charge in [-0.3, -0.25) is 10.1 Å². The second-order valence-electron chi connectivity index (χ2n) is 3.75. The predicted octanol–water partition coefficient (Wildman–Crippen LogP) is 2.33. The molecule has 1 aromatic carbocycles. The van der Waals surface area contributed by atoms with Gasteiger partial charge in [0, 0.05) is 6.07 Å². The first-order valence-electron chi connectivity index (χ1n) is 5.29. The molecule has 88 valence electrons. The Morgan fingerprint density at radius 3 is 2.67 bits per heavy atom. The van der Waals surface area contributed by atoms with E-state index in [0.717, 1.165) is 5.69 Å². The van der Waals surface area contributed by atoms with Crippen LogP contribution in [0.2, 0.25) is 0 Å². The first-order chi connectivity index (χ1) is 8.75. The SMILES string of the molecule is O=[N+]([O-])c1cnc2cnn(-c3ccccc3)c2c1. The summed E-state index contributed by atoms with van der Waals surface area (Å²) in [7, 11) is 0. The van der Waals surface area contributed by atoms with Crippen molar-refractivity contribution in [3.8, 4) is 5.69 Å². The van der Waals surface area contributed by atoms with Crippen LogP contribution in [0.5, 0.6) is 0 Å². The summed E-state index contributed by atoms with van der Waals surface area (Å²) in [6, 6.07) is 10.9. The summed E-state index contributed by atoms with van der Waals surface area (Å²) < 4.78 is 1.63. The lowest BCUT2D eigenvalue weighted by Gasteiger charge is -2.02. The monoisotopic (exact) mass is 240 g/mol. The fourth-order valence-electron chi connectivity index (χ4n) is 1.77. The second kappa shape index (κ2) is 3.92. The number of para-hydroxylation sites is 1. The molecule has 0 saturated heterocycles. The summed E-state index contributed by atoms with van der Waals surface area (Å²) in [4.78, 5) is 14.3. The topological polar surface area (TPSA) is 73.8 Å². The number of hydrogen-bond acceptors (Lipinski definition) is 4. The quantitative estimate of drug-likeness (QED) is 0.509. The minimum atomic E-state index is -0.464. The molecule has 2 heterocycles. The zero-order valence-corrected chi connectivity index (χ0v) is 9.22. The summed E-state index contributed by atoms with van der Waals surface area (Å²) in [6.07, 6.45) is 2.82. The van der Waals surface area contributed by atoms with Crippen molar-refractivity contribution >= 4 is 16.7 Å². The lowest BCUT2D eigenvalue weighted by atomic mass is 10.3. The molecule has 2 aromatic heterocycles. The molecule has 0 saturated carbocycles. The maximum absolute atomic E-state index is 10.8. The van der Waals surface area contributed by atoms with Crippen LogP contribution in [0.1, 0.15) is 0 Å². The summed E-state index contributed by atoms with van der Waals surface area (Å²) in [5.41, 5.74) is 2.05. The van der Waals surface area contributed by atoms with Crippen LogP contribution in [0, 0.1) is 10.1 Å². The number of aromatic nitrogens is 3. The Morgan fingerprint density at radius 2 is 1.94 bits per heavy atom. The first kappa shape index (κ1) is 10.4. The van der Waals surface area contributed by atoms with Crippen LogP contribution in [0.25, 0.3) is 16.7 Å². The Morgan fingerprint density at radius 1 is 1.17 bits per heavy atom.